The summed E-state index contributed by atoms with van der Waals surface area (Å²) in [6, 6.07) is 6.97. The maximum Gasteiger partial charge on any atom is 0.321 e. The summed E-state index contributed by atoms with van der Waals surface area (Å²) >= 11 is 0. The molecule has 3 amide bonds. The largest absolute Gasteiger partial charge is 0.496 e. The van der Waals surface area contributed by atoms with Gasteiger partial charge in [0, 0.05) is 18.0 Å². The van der Waals surface area contributed by atoms with Gasteiger partial charge in [-0.3, -0.25) is 10.1 Å². The van der Waals surface area contributed by atoms with Crippen LogP contribution in [0.3, 0.4) is 0 Å². The molecule has 0 spiro atoms. The Balaban J connectivity index is 1.80. The Morgan fingerprint density at radius 2 is 2.00 bits per heavy atom. The van der Waals surface area contributed by atoms with Crippen molar-refractivity contribution in [3.63, 3.8) is 0 Å². The molecular formula is C15H21N3O3. The van der Waals surface area contributed by atoms with E-state index >= 15 is 0 Å². The summed E-state index contributed by atoms with van der Waals surface area (Å²) in [6.45, 7) is 1.96. The third-order valence-corrected chi connectivity index (χ3v) is 3.58. The first-order valence-electron chi connectivity index (χ1n) is 7.12. The lowest BCUT2D eigenvalue weighted by Gasteiger charge is -2.21. The van der Waals surface area contributed by atoms with Gasteiger partial charge in [-0.2, -0.15) is 0 Å². The minimum absolute atomic E-state index is 0.0803. The predicted octanol–water partition coefficient (Wildman–Crippen LogP) is 1.02. The zero-order valence-electron chi connectivity index (χ0n) is 12.1. The van der Waals surface area contributed by atoms with Crippen LogP contribution in [0.15, 0.2) is 24.3 Å². The van der Waals surface area contributed by atoms with E-state index in [4.69, 9.17) is 4.74 Å². The van der Waals surface area contributed by atoms with Gasteiger partial charge in [0.2, 0.25) is 5.91 Å². The van der Waals surface area contributed by atoms with E-state index in [1.165, 1.54) is 0 Å². The van der Waals surface area contributed by atoms with Crippen LogP contribution in [0.5, 0.6) is 5.75 Å². The summed E-state index contributed by atoms with van der Waals surface area (Å²) in [5.74, 6) is 0.430. The number of rotatable bonds is 4. The lowest BCUT2D eigenvalue weighted by Crippen LogP contribution is -2.44. The molecule has 0 atom stereocenters. The van der Waals surface area contributed by atoms with E-state index in [0.717, 1.165) is 31.5 Å². The number of carbonyl (C=O) groups excluding carboxylic acids is 2. The lowest BCUT2D eigenvalue weighted by molar-refractivity contribution is -0.124. The molecule has 0 saturated carbocycles. The van der Waals surface area contributed by atoms with Crippen molar-refractivity contribution in [1.82, 2.24) is 16.0 Å². The van der Waals surface area contributed by atoms with E-state index in [9.17, 15) is 9.59 Å². The molecular weight excluding hydrogens is 270 g/mol. The van der Waals surface area contributed by atoms with E-state index in [0.29, 0.717) is 12.3 Å². The quantitative estimate of drug-likeness (QED) is 0.774. The van der Waals surface area contributed by atoms with Crippen LogP contribution in [0.1, 0.15) is 18.4 Å². The van der Waals surface area contributed by atoms with E-state index in [2.05, 4.69) is 16.0 Å². The van der Waals surface area contributed by atoms with Crippen molar-refractivity contribution in [3.05, 3.63) is 29.8 Å². The van der Waals surface area contributed by atoms with Crippen molar-refractivity contribution >= 4 is 11.9 Å². The number of hydrogen-bond acceptors (Lipinski definition) is 4. The standard InChI is InChI=1S/C15H21N3O3/c1-21-13-5-3-2-4-12(13)10-17-15(20)18-14(19)11-6-8-16-9-7-11/h2-5,11,16H,6-10H2,1H3,(H2,17,18,19,20). The van der Waals surface area contributed by atoms with Crippen LogP contribution in [-0.2, 0) is 11.3 Å². The van der Waals surface area contributed by atoms with Crippen molar-refractivity contribution in [1.29, 1.82) is 0 Å². The average molecular weight is 291 g/mol. The molecule has 114 valence electrons. The molecule has 0 aromatic heterocycles. The molecule has 1 fully saturated rings. The Kier molecular flexibility index (Phi) is 5.57. The number of imide groups is 1. The number of urea groups is 1. The van der Waals surface area contributed by atoms with Gasteiger partial charge < -0.3 is 15.4 Å². The number of methoxy groups -OCH3 is 1. The molecule has 3 N–H and O–H groups in total. The molecule has 1 aliphatic heterocycles. The van der Waals surface area contributed by atoms with E-state index < -0.39 is 6.03 Å². The highest BCUT2D eigenvalue weighted by Crippen LogP contribution is 2.16. The van der Waals surface area contributed by atoms with Gasteiger partial charge in [0.1, 0.15) is 5.75 Å². The van der Waals surface area contributed by atoms with Crippen molar-refractivity contribution in [2.24, 2.45) is 5.92 Å². The maximum absolute atomic E-state index is 11.9. The molecule has 2 rings (SSSR count). The summed E-state index contributed by atoms with van der Waals surface area (Å²) in [5.41, 5.74) is 0.865. The number of para-hydroxylation sites is 1. The van der Waals surface area contributed by atoms with Crippen molar-refractivity contribution < 1.29 is 14.3 Å². The van der Waals surface area contributed by atoms with Crippen LogP contribution >= 0.6 is 0 Å². The first-order valence-corrected chi connectivity index (χ1v) is 7.12. The Hall–Kier alpha value is -2.08. The normalized spacial score (nSPS) is 15.3. The number of benzene rings is 1. The number of carbonyl (C=O) groups is 2. The van der Waals surface area contributed by atoms with Gasteiger partial charge in [0.15, 0.2) is 0 Å². The monoisotopic (exact) mass is 291 g/mol. The predicted molar refractivity (Wildman–Crippen MR) is 79.0 cm³/mol. The van der Waals surface area contributed by atoms with Gasteiger partial charge in [-0.25, -0.2) is 4.79 Å². The smallest absolute Gasteiger partial charge is 0.321 e. The number of ether oxygens (including phenoxy) is 1. The second-order valence-electron chi connectivity index (χ2n) is 5.01. The van der Waals surface area contributed by atoms with Crippen LogP contribution in [0, 0.1) is 5.92 Å². The van der Waals surface area contributed by atoms with Gasteiger partial charge in [-0.15, -0.1) is 0 Å². The molecule has 1 aromatic carbocycles. The Bertz CT molecular complexity index is 499. The molecule has 1 aliphatic rings. The number of hydrogen-bond donors (Lipinski definition) is 3. The van der Waals surface area contributed by atoms with Crippen LogP contribution in [-0.4, -0.2) is 32.1 Å². The Labute approximate surface area is 124 Å². The van der Waals surface area contributed by atoms with Crippen molar-refractivity contribution in [2.75, 3.05) is 20.2 Å². The zero-order chi connectivity index (χ0) is 15.1. The fourth-order valence-corrected chi connectivity index (χ4v) is 2.37. The van der Waals surface area contributed by atoms with E-state index in [-0.39, 0.29) is 11.8 Å². The highest BCUT2D eigenvalue weighted by molar-refractivity contribution is 5.95. The highest BCUT2D eigenvalue weighted by Gasteiger charge is 2.22. The highest BCUT2D eigenvalue weighted by atomic mass is 16.5. The maximum atomic E-state index is 11.9. The molecule has 6 heteroatoms. The van der Waals surface area contributed by atoms with Gasteiger partial charge in [-0.05, 0) is 32.0 Å². The third kappa shape index (κ3) is 4.46. The Morgan fingerprint density at radius 1 is 1.29 bits per heavy atom. The first-order chi connectivity index (χ1) is 10.2. The molecule has 0 aliphatic carbocycles. The van der Waals surface area contributed by atoms with E-state index in [1.54, 1.807) is 7.11 Å². The lowest BCUT2D eigenvalue weighted by atomic mass is 9.97. The van der Waals surface area contributed by atoms with Gasteiger partial charge in [-0.1, -0.05) is 18.2 Å². The molecule has 1 heterocycles. The summed E-state index contributed by atoms with van der Waals surface area (Å²) in [6.07, 6.45) is 1.54. The second-order valence-corrected chi connectivity index (χ2v) is 5.01. The van der Waals surface area contributed by atoms with Crippen LogP contribution in [0.25, 0.3) is 0 Å². The second kappa shape index (κ2) is 7.64. The van der Waals surface area contributed by atoms with Crippen molar-refractivity contribution in [3.8, 4) is 5.75 Å². The fourth-order valence-electron chi connectivity index (χ4n) is 2.37. The summed E-state index contributed by atoms with van der Waals surface area (Å²) in [4.78, 5) is 23.7. The van der Waals surface area contributed by atoms with Crippen LogP contribution in [0.4, 0.5) is 4.79 Å². The molecule has 6 nitrogen and oxygen atoms in total. The molecule has 21 heavy (non-hydrogen) atoms. The number of piperidine rings is 1. The molecule has 1 aromatic rings. The summed E-state index contributed by atoms with van der Waals surface area (Å²) in [7, 11) is 1.58. The first kappa shape index (κ1) is 15.3. The number of nitrogens with one attached hydrogen (secondary N) is 3. The number of amides is 3. The van der Waals surface area contributed by atoms with Crippen molar-refractivity contribution in [2.45, 2.75) is 19.4 Å². The zero-order valence-corrected chi connectivity index (χ0v) is 12.1. The SMILES string of the molecule is COc1ccccc1CNC(=O)NC(=O)C1CCNCC1. The summed E-state index contributed by atoms with van der Waals surface area (Å²) < 4.78 is 5.21. The molecule has 1 saturated heterocycles. The molecule has 0 bridgehead atoms. The van der Waals surface area contributed by atoms with Gasteiger partial charge >= 0.3 is 6.03 Å². The minimum atomic E-state index is -0.468. The van der Waals surface area contributed by atoms with Crippen LogP contribution in [0.2, 0.25) is 0 Å². The third-order valence-electron chi connectivity index (χ3n) is 3.58. The Morgan fingerprint density at radius 3 is 2.71 bits per heavy atom. The molecule has 0 radical (unpaired) electrons. The average Bonchev–Trinajstić information content (AvgIpc) is 2.54. The minimum Gasteiger partial charge on any atom is -0.496 e. The van der Waals surface area contributed by atoms with Gasteiger partial charge in [0.05, 0.1) is 7.11 Å². The van der Waals surface area contributed by atoms with E-state index in [1.807, 2.05) is 24.3 Å². The molecule has 0 unspecified atom stereocenters. The van der Waals surface area contributed by atoms with Crippen LogP contribution < -0.4 is 20.7 Å². The fraction of sp³-hybridized carbons (Fsp3) is 0.467. The topological polar surface area (TPSA) is 79.5 Å². The van der Waals surface area contributed by atoms with Gasteiger partial charge in [0.25, 0.3) is 0 Å². The summed E-state index contributed by atoms with van der Waals surface area (Å²) in [5, 5.41) is 8.26.